The highest BCUT2D eigenvalue weighted by Crippen LogP contribution is 2.44. The first-order chi connectivity index (χ1) is 9.43. The topological polar surface area (TPSA) is 41.6 Å². The van der Waals surface area contributed by atoms with Crippen molar-refractivity contribution in [2.75, 3.05) is 26.7 Å². The molecule has 2 aliphatic rings. The monoisotopic (exact) mass is 286 g/mol. The van der Waals surface area contributed by atoms with Gasteiger partial charge in [0, 0.05) is 19.6 Å². The fourth-order valence-electron chi connectivity index (χ4n) is 2.85. The van der Waals surface area contributed by atoms with Gasteiger partial charge in [0.15, 0.2) is 0 Å². The molecular formula is C13H13F3N2O2. The van der Waals surface area contributed by atoms with Crippen LogP contribution in [0, 0.1) is 0 Å². The lowest BCUT2D eigenvalue weighted by molar-refractivity contribution is -0.138. The van der Waals surface area contributed by atoms with Crippen LogP contribution in [-0.4, -0.2) is 37.6 Å². The minimum Gasteiger partial charge on any atom is -0.497 e. The molecule has 20 heavy (non-hydrogen) atoms. The number of carbonyl (C=O) groups is 1. The van der Waals surface area contributed by atoms with E-state index in [2.05, 4.69) is 5.32 Å². The second kappa shape index (κ2) is 4.37. The number of ether oxygens (including phenoxy) is 1. The number of alkyl halides is 3. The van der Waals surface area contributed by atoms with Gasteiger partial charge in [-0.05, 0) is 17.7 Å². The fourth-order valence-corrected chi connectivity index (χ4v) is 2.85. The molecule has 3 rings (SSSR count). The first-order valence-electron chi connectivity index (χ1n) is 6.24. The zero-order chi connectivity index (χ0) is 14.5. The van der Waals surface area contributed by atoms with E-state index in [-0.39, 0.29) is 17.4 Å². The number of benzene rings is 1. The Balaban J connectivity index is 2.21. The number of carbonyl (C=O) groups excluding carboxylic acids is 1. The number of hydrogen-bond acceptors (Lipinski definition) is 3. The lowest BCUT2D eigenvalue weighted by atomic mass is 9.98. The van der Waals surface area contributed by atoms with Gasteiger partial charge in [-0.2, -0.15) is 13.2 Å². The molecular weight excluding hydrogens is 273 g/mol. The molecule has 4 nitrogen and oxygen atoms in total. The van der Waals surface area contributed by atoms with Gasteiger partial charge in [0.25, 0.3) is 5.91 Å². The second-order valence-electron chi connectivity index (χ2n) is 4.86. The molecule has 1 fully saturated rings. The fraction of sp³-hybridized carbons (Fsp3) is 0.462. The number of halogens is 3. The molecule has 0 aromatic heterocycles. The summed E-state index contributed by atoms with van der Waals surface area (Å²) in [6.45, 7) is 1.47. The molecule has 7 heteroatoms. The number of nitrogens with zero attached hydrogens (tertiary/aromatic N) is 1. The molecule has 2 heterocycles. The summed E-state index contributed by atoms with van der Waals surface area (Å²) in [4.78, 5) is 13.8. The number of rotatable bonds is 1. The Labute approximate surface area is 113 Å². The van der Waals surface area contributed by atoms with E-state index in [0.717, 1.165) is 6.07 Å². The lowest BCUT2D eigenvalue weighted by Gasteiger charge is -2.30. The highest BCUT2D eigenvalue weighted by Gasteiger charge is 2.45. The van der Waals surface area contributed by atoms with Crippen molar-refractivity contribution < 1.29 is 22.7 Å². The van der Waals surface area contributed by atoms with Gasteiger partial charge in [0.05, 0.1) is 24.3 Å². The normalized spacial score (nSPS) is 21.7. The Morgan fingerprint density at radius 2 is 2.15 bits per heavy atom. The zero-order valence-electron chi connectivity index (χ0n) is 10.8. The number of hydrogen-bond donors (Lipinski definition) is 1. The average molecular weight is 286 g/mol. The standard InChI is InChI=1S/C13H13F3N2O2/c1-20-7-4-8-10-6-17-2-3-18(10)12(19)11(8)9(5-7)13(14,15)16/h4-5,10,17H,2-3,6H2,1H3/t10-/m0/s1. The molecule has 108 valence electrons. The van der Waals surface area contributed by atoms with Crippen LogP contribution in [0.15, 0.2) is 12.1 Å². The maximum Gasteiger partial charge on any atom is 0.417 e. The number of methoxy groups -OCH3 is 1. The third kappa shape index (κ3) is 1.84. The molecule has 0 unspecified atom stereocenters. The van der Waals surface area contributed by atoms with Crippen molar-refractivity contribution in [2.24, 2.45) is 0 Å². The Morgan fingerprint density at radius 3 is 2.80 bits per heavy atom. The third-order valence-corrected chi connectivity index (χ3v) is 3.76. The first-order valence-corrected chi connectivity index (χ1v) is 6.24. The molecule has 0 saturated carbocycles. The summed E-state index contributed by atoms with van der Waals surface area (Å²) >= 11 is 0. The minimum atomic E-state index is -4.57. The van der Waals surface area contributed by atoms with Gasteiger partial charge in [-0.15, -0.1) is 0 Å². The van der Waals surface area contributed by atoms with E-state index >= 15 is 0 Å². The molecule has 1 amide bonds. The van der Waals surface area contributed by atoms with Crippen LogP contribution in [0.1, 0.15) is 27.5 Å². The predicted molar refractivity (Wildman–Crippen MR) is 64.6 cm³/mol. The molecule has 1 aromatic carbocycles. The quantitative estimate of drug-likeness (QED) is 0.856. The maximum absolute atomic E-state index is 13.2. The molecule has 1 saturated heterocycles. The van der Waals surface area contributed by atoms with Gasteiger partial charge < -0.3 is 15.0 Å². The van der Waals surface area contributed by atoms with E-state index in [4.69, 9.17) is 4.74 Å². The second-order valence-corrected chi connectivity index (χ2v) is 4.86. The average Bonchev–Trinajstić information content (AvgIpc) is 2.71. The van der Waals surface area contributed by atoms with Crippen LogP contribution in [0.4, 0.5) is 13.2 Å². The van der Waals surface area contributed by atoms with Crippen LogP contribution in [-0.2, 0) is 6.18 Å². The van der Waals surface area contributed by atoms with Crippen LogP contribution in [0.2, 0.25) is 0 Å². The maximum atomic E-state index is 13.2. The molecule has 1 N–H and O–H groups in total. The molecule has 1 atom stereocenters. The SMILES string of the molecule is COc1cc2c(c(C(F)(F)F)c1)C(=O)N1CCNC[C@@H]21. The van der Waals surface area contributed by atoms with Crippen LogP contribution in [0.3, 0.4) is 0 Å². The van der Waals surface area contributed by atoms with E-state index in [1.165, 1.54) is 18.1 Å². The van der Waals surface area contributed by atoms with Gasteiger partial charge in [-0.1, -0.05) is 0 Å². The van der Waals surface area contributed by atoms with E-state index in [9.17, 15) is 18.0 Å². The summed E-state index contributed by atoms with van der Waals surface area (Å²) in [6, 6.07) is 2.07. The predicted octanol–water partition coefficient (Wildman–Crippen LogP) is 1.81. The summed E-state index contributed by atoms with van der Waals surface area (Å²) in [5, 5.41) is 3.10. The number of nitrogens with one attached hydrogen (secondary N) is 1. The molecule has 0 radical (unpaired) electrons. The minimum absolute atomic E-state index is 0.122. The Morgan fingerprint density at radius 1 is 1.40 bits per heavy atom. The van der Waals surface area contributed by atoms with Crippen molar-refractivity contribution in [3.8, 4) is 5.75 Å². The van der Waals surface area contributed by atoms with Crippen LogP contribution in [0.5, 0.6) is 5.75 Å². The van der Waals surface area contributed by atoms with Crippen LogP contribution < -0.4 is 10.1 Å². The van der Waals surface area contributed by atoms with Crippen LogP contribution in [0.25, 0.3) is 0 Å². The zero-order valence-corrected chi connectivity index (χ0v) is 10.8. The van der Waals surface area contributed by atoms with Gasteiger partial charge in [0.2, 0.25) is 0 Å². The number of amides is 1. The van der Waals surface area contributed by atoms with Crippen molar-refractivity contribution in [2.45, 2.75) is 12.2 Å². The van der Waals surface area contributed by atoms with Crippen molar-refractivity contribution >= 4 is 5.91 Å². The van der Waals surface area contributed by atoms with Gasteiger partial charge in [0.1, 0.15) is 5.75 Å². The summed E-state index contributed by atoms with van der Waals surface area (Å²) in [5.41, 5.74) is -0.743. The summed E-state index contributed by atoms with van der Waals surface area (Å²) in [7, 11) is 1.32. The van der Waals surface area contributed by atoms with Gasteiger partial charge >= 0.3 is 6.18 Å². The van der Waals surface area contributed by atoms with Crippen molar-refractivity contribution in [1.82, 2.24) is 10.2 Å². The van der Waals surface area contributed by atoms with Gasteiger partial charge in [-0.3, -0.25) is 4.79 Å². The molecule has 2 aliphatic heterocycles. The van der Waals surface area contributed by atoms with Crippen molar-refractivity contribution in [3.63, 3.8) is 0 Å². The number of fused-ring (bicyclic) bond motifs is 3. The van der Waals surface area contributed by atoms with E-state index in [1.807, 2.05) is 0 Å². The summed E-state index contributed by atoms with van der Waals surface area (Å²) in [6.07, 6.45) is -4.57. The molecule has 0 bridgehead atoms. The largest absolute Gasteiger partial charge is 0.497 e. The molecule has 1 aromatic rings. The highest BCUT2D eigenvalue weighted by atomic mass is 19.4. The Bertz CT molecular complexity index is 571. The smallest absolute Gasteiger partial charge is 0.417 e. The highest BCUT2D eigenvalue weighted by molar-refractivity contribution is 6.01. The lowest BCUT2D eigenvalue weighted by Crippen LogP contribution is -2.44. The Kier molecular flexibility index (Phi) is 2.89. The molecule has 0 spiro atoms. The van der Waals surface area contributed by atoms with E-state index < -0.39 is 17.6 Å². The van der Waals surface area contributed by atoms with Crippen molar-refractivity contribution in [1.29, 1.82) is 0 Å². The first kappa shape index (κ1) is 13.2. The van der Waals surface area contributed by atoms with Crippen molar-refractivity contribution in [3.05, 3.63) is 28.8 Å². The van der Waals surface area contributed by atoms with Crippen LogP contribution >= 0.6 is 0 Å². The summed E-state index contributed by atoms with van der Waals surface area (Å²) in [5.74, 6) is -0.419. The van der Waals surface area contributed by atoms with E-state index in [0.29, 0.717) is 25.2 Å². The summed E-state index contributed by atoms with van der Waals surface area (Å²) < 4.78 is 44.4. The van der Waals surface area contributed by atoms with E-state index in [1.54, 1.807) is 0 Å². The number of piperazine rings is 1. The Hall–Kier alpha value is -1.76. The van der Waals surface area contributed by atoms with Gasteiger partial charge in [-0.25, -0.2) is 0 Å². The molecule has 0 aliphatic carbocycles. The third-order valence-electron chi connectivity index (χ3n) is 3.76.